The van der Waals surface area contributed by atoms with Gasteiger partial charge in [-0.2, -0.15) is 13.2 Å². The van der Waals surface area contributed by atoms with Crippen molar-refractivity contribution < 1.29 is 13.2 Å². The molecule has 5 heteroatoms. The highest BCUT2D eigenvalue weighted by Crippen LogP contribution is 2.33. The quantitative estimate of drug-likeness (QED) is 0.566. The normalized spacial score (nSPS) is 11.7. The monoisotopic (exact) mass is 207 g/mol. The lowest BCUT2D eigenvalue weighted by Crippen LogP contribution is -2.05. The Morgan fingerprint density at radius 1 is 1.23 bits per heavy atom. The van der Waals surface area contributed by atoms with Crippen LogP contribution in [-0.4, -0.2) is 6.26 Å². The van der Waals surface area contributed by atoms with Crippen LogP contribution in [0.25, 0.3) is 0 Å². The van der Waals surface area contributed by atoms with Gasteiger partial charge in [0, 0.05) is 10.6 Å². The number of nitrogens with two attached hydrogens (primary N) is 1. The number of hydrogen-bond acceptors (Lipinski definition) is 2. The minimum atomic E-state index is -4.32. The third-order valence-electron chi connectivity index (χ3n) is 1.49. The van der Waals surface area contributed by atoms with E-state index in [2.05, 4.69) is 0 Å². The molecule has 1 aromatic carbocycles. The van der Waals surface area contributed by atoms with Crippen molar-refractivity contribution >= 4 is 17.4 Å². The van der Waals surface area contributed by atoms with Crippen molar-refractivity contribution in [1.29, 1.82) is 0 Å². The number of nitrogen functional groups attached to an aromatic ring is 1. The van der Waals surface area contributed by atoms with Gasteiger partial charge >= 0.3 is 6.18 Å². The Bertz CT molecular complexity index is 309. The Morgan fingerprint density at radius 3 is 2.31 bits per heavy atom. The van der Waals surface area contributed by atoms with Crippen LogP contribution in [0, 0.1) is 0 Å². The number of hydrogen-bond donors (Lipinski definition) is 1. The van der Waals surface area contributed by atoms with Crippen LogP contribution in [-0.2, 0) is 6.18 Å². The molecular weight excluding hydrogens is 199 g/mol. The largest absolute Gasteiger partial charge is 0.416 e. The highest BCUT2D eigenvalue weighted by atomic mass is 32.2. The fourth-order valence-electron chi connectivity index (χ4n) is 0.904. The summed E-state index contributed by atoms with van der Waals surface area (Å²) in [5.74, 6) is 0. The van der Waals surface area contributed by atoms with Crippen molar-refractivity contribution in [2.75, 3.05) is 12.0 Å². The second-order valence-electron chi connectivity index (χ2n) is 2.49. The fourth-order valence-corrected chi connectivity index (χ4v) is 1.40. The zero-order valence-electron chi connectivity index (χ0n) is 6.85. The van der Waals surface area contributed by atoms with Gasteiger partial charge in [0.1, 0.15) is 0 Å². The summed E-state index contributed by atoms with van der Waals surface area (Å²) in [5.41, 5.74) is 4.76. The summed E-state index contributed by atoms with van der Waals surface area (Å²) in [6.45, 7) is 0. The van der Waals surface area contributed by atoms with Crippen molar-refractivity contribution in [3.63, 3.8) is 0 Å². The number of thioether (sulfide) groups is 1. The Balaban J connectivity index is 3.16. The van der Waals surface area contributed by atoms with Crippen LogP contribution in [0.5, 0.6) is 0 Å². The molecule has 2 N–H and O–H groups in total. The lowest BCUT2D eigenvalue weighted by atomic mass is 10.2. The highest BCUT2D eigenvalue weighted by molar-refractivity contribution is 7.98. The maximum absolute atomic E-state index is 12.2. The number of anilines is 1. The van der Waals surface area contributed by atoms with E-state index in [0.717, 1.165) is 12.1 Å². The van der Waals surface area contributed by atoms with E-state index in [-0.39, 0.29) is 5.69 Å². The van der Waals surface area contributed by atoms with Crippen LogP contribution in [0.4, 0.5) is 18.9 Å². The van der Waals surface area contributed by atoms with E-state index in [1.165, 1.54) is 17.8 Å². The first-order valence-electron chi connectivity index (χ1n) is 3.45. The summed E-state index contributed by atoms with van der Waals surface area (Å²) < 4.78 is 36.7. The van der Waals surface area contributed by atoms with Gasteiger partial charge in [0.2, 0.25) is 0 Å². The average Bonchev–Trinajstić information content (AvgIpc) is 2.01. The summed E-state index contributed by atoms with van der Waals surface area (Å²) in [6.07, 6.45) is -2.62. The third-order valence-corrected chi connectivity index (χ3v) is 2.20. The van der Waals surface area contributed by atoms with Crippen LogP contribution in [0.1, 0.15) is 5.56 Å². The Kier molecular flexibility index (Phi) is 2.75. The molecule has 0 heterocycles. The molecule has 0 aliphatic rings. The zero-order chi connectivity index (χ0) is 10.1. The molecule has 1 aromatic rings. The van der Waals surface area contributed by atoms with Gasteiger partial charge in [-0.3, -0.25) is 0 Å². The van der Waals surface area contributed by atoms with Crippen LogP contribution in [0.2, 0.25) is 0 Å². The van der Waals surface area contributed by atoms with Crippen molar-refractivity contribution in [1.82, 2.24) is 0 Å². The molecular formula is C8H8F3NS. The lowest BCUT2D eigenvalue weighted by Gasteiger charge is -2.08. The van der Waals surface area contributed by atoms with Gasteiger partial charge < -0.3 is 5.73 Å². The molecule has 0 aliphatic carbocycles. The van der Waals surface area contributed by atoms with E-state index in [1.807, 2.05) is 0 Å². The Hall–Kier alpha value is -0.840. The molecule has 0 fully saturated rings. The highest BCUT2D eigenvalue weighted by Gasteiger charge is 2.30. The van der Waals surface area contributed by atoms with Gasteiger partial charge in [0.25, 0.3) is 0 Å². The van der Waals surface area contributed by atoms with Gasteiger partial charge in [-0.1, -0.05) is 0 Å². The first-order chi connectivity index (χ1) is 5.93. The summed E-state index contributed by atoms with van der Waals surface area (Å²) >= 11 is 1.23. The van der Waals surface area contributed by atoms with E-state index >= 15 is 0 Å². The Labute approximate surface area is 78.1 Å². The smallest absolute Gasteiger partial charge is 0.399 e. The molecule has 1 rings (SSSR count). The van der Waals surface area contributed by atoms with E-state index in [9.17, 15) is 13.2 Å². The predicted octanol–water partition coefficient (Wildman–Crippen LogP) is 3.01. The minimum absolute atomic E-state index is 0.138. The van der Waals surface area contributed by atoms with Crippen molar-refractivity contribution in [2.24, 2.45) is 0 Å². The van der Waals surface area contributed by atoms with Crippen molar-refractivity contribution in [3.05, 3.63) is 23.8 Å². The van der Waals surface area contributed by atoms with Crippen LogP contribution < -0.4 is 5.73 Å². The molecule has 13 heavy (non-hydrogen) atoms. The van der Waals surface area contributed by atoms with Crippen LogP contribution in [0.3, 0.4) is 0 Å². The first kappa shape index (κ1) is 10.2. The topological polar surface area (TPSA) is 26.0 Å². The van der Waals surface area contributed by atoms with E-state index < -0.39 is 11.7 Å². The molecule has 0 spiro atoms. The van der Waals surface area contributed by atoms with Gasteiger partial charge in [-0.15, -0.1) is 11.8 Å². The molecule has 0 saturated carbocycles. The van der Waals surface area contributed by atoms with Crippen LogP contribution in [0.15, 0.2) is 23.1 Å². The second-order valence-corrected chi connectivity index (χ2v) is 3.37. The molecule has 72 valence electrons. The van der Waals surface area contributed by atoms with Gasteiger partial charge in [-0.05, 0) is 24.5 Å². The summed E-state index contributed by atoms with van der Waals surface area (Å²) in [6, 6.07) is 3.53. The summed E-state index contributed by atoms with van der Waals surface area (Å²) in [4.78, 5) is 0.521. The summed E-state index contributed by atoms with van der Waals surface area (Å²) in [7, 11) is 0. The average molecular weight is 207 g/mol. The lowest BCUT2D eigenvalue weighted by molar-refractivity contribution is -0.137. The van der Waals surface area contributed by atoms with E-state index in [4.69, 9.17) is 5.73 Å². The predicted molar refractivity (Wildman–Crippen MR) is 47.6 cm³/mol. The molecule has 0 unspecified atom stereocenters. The van der Waals surface area contributed by atoms with Gasteiger partial charge in [0.15, 0.2) is 0 Å². The van der Waals surface area contributed by atoms with E-state index in [1.54, 1.807) is 6.26 Å². The molecule has 0 saturated heterocycles. The van der Waals surface area contributed by atoms with Crippen molar-refractivity contribution in [3.8, 4) is 0 Å². The maximum Gasteiger partial charge on any atom is 0.416 e. The standard InChI is InChI=1S/C8H8F3NS/c1-13-7-3-5(8(9,10)11)2-6(12)4-7/h2-4H,12H2,1H3. The third kappa shape index (κ3) is 2.55. The fraction of sp³-hybridized carbons (Fsp3) is 0.250. The minimum Gasteiger partial charge on any atom is -0.399 e. The zero-order valence-corrected chi connectivity index (χ0v) is 7.67. The summed E-state index contributed by atoms with van der Waals surface area (Å²) in [5, 5.41) is 0. The molecule has 0 bridgehead atoms. The SMILES string of the molecule is CSc1cc(N)cc(C(F)(F)F)c1. The molecule has 0 radical (unpaired) electrons. The maximum atomic E-state index is 12.2. The molecule has 1 nitrogen and oxygen atoms in total. The van der Waals surface area contributed by atoms with Gasteiger partial charge in [-0.25, -0.2) is 0 Å². The first-order valence-corrected chi connectivity index (χ1v) is 4.67. The van der Waals surface area contributed by atoms with E-state index in [0.29, 0.717) is 4.90 Å². The number of halogens is 3. The molecule has 0 aliphatic heterocycles. The Morgan fingerprint density at radius 2 is 1.85 bits per heavy atom. The number of benzene rings is 1. The van der Waals surface area contributed by atoms with Gasteiger partial charge in [0.05, 0.1) is 5.56 Å². The number of alkyl halides is 3. The van der Waals surface area contributed by atoms with Crippen molar-refractivity contribution in [2.45, 2.75) is 11.1 Å². The van der Waals surface area contributed by atoms with Crippen LogP contribution >= 0.6 is 11.8 Å². The molecule has 0 aromatic heterocycles. The second kappa shape index (κ2) is 3.49. The number of rotatable bonds is 1. The molecule has 0 atom stereocenters. The molecule has 0 amide bonds.